The van der Waals surface area contributed by atoms with Gasteiger partial charge in [0.15, 0.2) is 0 Å². The van der Waals surface area contributed by atoms with E-state index in [0.717, 1.165) is 47.6 Å². The van der Waals surface area contributed by atoms with E-state index in [1.54, 1.807) is 28.4 Å². The van der Waals surface area contributed by atoms with Gasteiger partial charge in [-0.25, -0.2) is 18.7 Å². The topological polar surface area (TPSA) is 144 Å². The molecule has 0 aliphatic carbocycles. The Morgan fingerprint density at radius 3 is 2.34 bits per heavy atom. The molecule has 12 nitrogen and oxygen atoms in total. The van der Waals surface area contributed by atoms with Crippen molar-refractivity contribution in [2.75, 3.05) is 12.9 Å². The number of carbonyl (C=O) groups excluding carboxylic acids is 2. The molecule has 53 heavy (non-hydrogen) atoms. The lowest BCUT2D eigenvalue weighted by atomic mass is 10.0. The first-order valence-corrected chi connectivity index (χ1v) is 20.0. The number of rotatable bonds is 9. The van der Waals surface area contributed by atoms with Gasteiger partial charge < -0.3 is 8.92 Å². The molecule has 0 fully saturated rings. The third kappa shape index (κ3) is 9.42. The fraction of sp³-hybridized carbons (Fsp3) is 0.265. The van der Waals surface area contributed by atoms with Gasteiger partial charge in [0.05, 0.1) is 28.6 Å². The van der Waals surface area contributed by atoms with Crippen LogP contribution in [0.25, 0.3) is 0 Å². The Kier molecular flexibility index (Phi) is 12.9. The highest BCUT2D eigenvalue weighted by Gasteiger charge is 2.29. The van der Waals surface area contributed by atoms with Gasteiger partial charge in [0, 0.05) is 35.6 Å². The molecule has 0 spiro atoms. The molecule has 6 rings (SSSR count). The predicted octanol–water partition coefficient (Wildman–Crippen LogP) is 7.14. The summed E-state index contributed by atoms with van der Waals surface area (Å²) in [6.45, 7) is 4.75. The van der Waals surface area contributed by atoms with Gasteiger partial charge in [-0.2, -0.15) is 13.5 Å². The van der Waals surface area contributed by atoms with Gasteiger partial charge in [-0.05, 0) is 80.5 Å². The van der Waals surface area contributed by atoms with E-state index in [-0.39, 0.29) is 48.3 Å². The highest BCUT2D eigenvalue weighted by Crippen LogP contribution is 2.34. The fourth-order valence-electron chi connectivity index (χ4n) is 5.09. The van der Waals surface area contributed by atoms with Crippen molar-refractivity contribution in [2.24, 2.45) is 12.0 Å². The molecule has 19 heteroatoms. The van der Waals surface area contributed by atoms with Crippen molar-refractivity contribution < 1.29 is 31.3 Å². The van der Waals surface area contributed by atoms with Crippen molar-refractivity contribution in [3.05, 3.63) is 112 Å². The SMILES string of the molecule is COC(=O)CSc1cc(/N=c2\sc(=O)n3n2CCCC3)c(F)cc1Cl.Cc1ccc(S(=O)(=O)Oc2c(C(=O)c3ccc(Cl)cc3Cl)c(C)nn2C)cc1. The Morgan fingerprint density at radius 2 is 1.68 bits per heavy atom. The standard InChI is InChI=1S/C19H16Cl2N2O4S.C15H15ClFN3O3S2/c1-11-4-7-14(8-5-11)28(25,26)27-19-17(12(2)22-23(19)3)18(24)15-9-6-13(20)10-16(15)21;1-23-13(21)8-24-12-7-11(10(17)6-9(12)16)18-14-19-4-2-3-5-20(19)15(22)25-14/h4-10H,1-3H3;6-7H,2-5,8H2,1H3/b;18-14-. The van der Waals surface area contributed by atoms with Gasteiger partial charge in [0.1, 0.15) is 22.0 Å². The van der Waals surface area contributed by atoms with Crippen LogP contribution in [0.15, 0.2) is 74.2 Å². The van der Waals surface area contributed by atoms with Crippen molar-refractivity contribution in [3.8, 4) is 5.88 Å². The molecule has 0 unspecified atom stereocenters. The second-order valence-electron chi connectivity index (χ2n) is 11.5. The van der Waals surface area contributed by atoms with E-state index >= 15 is 0 Å². The summed E-state index contributed by atoms with van der Waals surface area (Å²) in [5.41, 5.74) is 1.48. The number of benzene rings is 3. The Labute approximate surface area is 326 Å². The van der Waals surface area contributed by atoms with E-state index in [2.05, 4.69) is 14.8 Å². The van der Waals surface area contributed by atoms with E-state index < -0.39 is 27.7 Å². The number of ketones is 1. The number of aryl methyl sites for hydroxylation is 3. The predicted molar refractivity (Wildman–Crippen MR) is 202 cm³/mol. The van der Waals surface area contributed by atoms with Crippen molar-refractivity contribution in [1.29, 1.82) is 0 Å². The van der Waals surface area contributed by atoms with Crippen LogP contribution >= 0.6 is 57.9 Å². The van der Waals surface area contributed by atoms with Crippen molar-refractivity contribution in [3.63, 3.8) is 0 Å². The van der Waals surface area contributed by atoms with Gasteiger partial charge in [-0.15, -0.1) is 11.8 Å². The fourth-order valence-corrected chi connectivity index (χ4v) is 8.54. The lowest BCUT2D eigenvalue weighted by molar-refractivity contribution is -0.137. The monoisotopic (exact) mass is 841 g/mol. The van der Waals surface area contributed by atoms with E-state index in [1.165, 1.54) is 55.2 Å². The quantitative estimate of drug-likeness (QED) is 0.0655. The van der Waals surface area contributed by atoms with E-state index in [9.17, 15) is 27.2 Å². The number of carbonyl (C=O) groups is 2. The number of esters is 1. The third-order valence-electron chi connectivity index (χ3n) is 7.75. The van der Waals surface area contributed by atoms with Crippen LogP contribution < -0.4 is 13.9 Å². The second-order valence-corrected chi connectivity index (χ2v) is 16.2. The number of hydrogen-bond acceptors (Lipinski definition) is 11. The van der Waals surface area contributed by atoms with E-state index in [1.807, 2.05) is 6.92 Å². The highest BCUT2D eigenvalue weighted by atomic mass is 35.5. The molecular weight excluding hydrogens is 812 g/mol. The minimum atomic E-state index is -4.16. The molecule has 0 saturated heterocycles. The number of aromatic nitrogens is 4. The number of ether oxygens (including phenoxy) is 1. The van der Waals surface area contributed by atoms with Crippen LogP contribution in [-0.4, -0.2) is 52.2 Å². The first kappa shape index (κ1) is 40.3. The summed E-state index contributed by atoms with van der Waals surface area (Å²) in [7, 11) is -1.37. The Hall–Kier alpha value is -3.93. The Balaban J connectivity index is 0.000000206. The van der Waals surface area contributed by atoms with E-state index in [4.69, 9.17) is 39.0 Å². The molecule has 0 atom stereocenters. The smallest absolute Gasteiger partial charge is 0.340 e. The lowest BCUT2D eigenvalue weighted by Crippen LogP contribution is -2.31. The zero-order chi connectivity index (χ0) is 38.6. The summed E-state index contributed by atoms with van der Waals surface area (Å²) in [6, 6.07) is 13.3. The molecule has 0 radical (unpaired) electrons. The number of halogens is 4. The number of hydrogen-bond donors (Lipinski definition) is 0. The van der Waals surface area contributed by atoms with Crippen LogP contribution in [-0.2, 0) is 39.8 Å². The van der Waals surface area contributed by atoms with Crippen LogP contribution in [0.2, 0.25) is 15.1 Å². The number of nitrogens with zero attached hydrogens (tertiary/aromatic N) is 5. The van der Waals surface area contributed by atoms with Crippen molar-refractivity contribution >= 4 is 85.5 Å². The summed E-state index contributed by atoms with van der Waals surface area (Å²) >= 11 is 20.2. The molecule has 280 valence electrons. The average Bonchev–Trinajstić information content (AvgIpc) is 3.58. The number of methoxy groups -OCH3 is 1. The van der Waals surface area contributed by atoms with Crippen molar-refractivity contribution in [2.45, 2.75) is 49.6 Å². The van der Waals surface area contributed by atoms with Crippen LogP contribution in [0.4, 0.5) is 10.1 Å². The average molecular weight is 843 g/mol. The van der Waals surface area contributed by atoms with Gasteiger partial charge in [-0.3, -0.25) is 19.1 Å². The summed E-state index contributed by atoms with van der Waals surface area (Å²) in [4.78, 5) is 41.5. The first-order valence-electron chi connectivity index (χ1n) is 15.7. The van der Waals surface area contributed by atoms with Gasteiger partial charge in [0.25, 0.3) is 0 Å². The maximum atomic E-state index is 14.3. The molecule has 0 saturated carbocycles. The number of fused-ring (bicyclic) bond motifs is 1. The zero-order valence-corrected chi connectivity index (χ0v) is 33.3. The van der Waals surface area contributed by atoms with Gasteiger partial charge in [-0.1, -0.05) is 52.5 Å². The molecule has 0 amide bonds. The van der Waals surface area contributed by atoms with E-state index in [0.29, 0.717) is 33.5 Å². The molecule has 3 heterocycles. The zero-order valence-electron chi connectivity index (χ0n) is 28.6. The van der Waals surface area contributed by atoms with Gasteiger partial charge in [0.2, 0.25) is 16.5 Å². The van der Waals surface area contributed by atoms with Crippen LogP contribution in [0.1, 0.15) is 40.0 Å². The largest absolute Gasteiger partial charge is 0.468 e. The second kappa shape index (κ2) is 17.0. The Morgan fingerprint density at radius 1 is 1.00 bits per heavy atom. The molecular formula is C34H31Cl3FN5O7S3. The lowest BCUT2D eigenvalue weighted by Gasteiger charge is -2.15. The summed E-state index contributed by atoms with van der Waals surface area (Å²) in [5.74, 6) is -1.62. The third-order valence-corrected chi connectivity index (χ3v) is 11.9. The van der Waals surface area contributed by atoms with Crippen LogP contribution in [0.5, 0.6) is 5.88 Å². The first-order chi connectivity index (χ1) is 25.1. The molecule has 3 aromatic carbocycles. The minimum absolute atomic E-state index is 0.0161. The van der Waals surface area contributed by atoms with Crippen LogP contribution in [0.3, 0.4) is 0 Å². The highest BCUT2D eigenvalue weighted by molar-refractivity contribution is 8.00. The number of thioether (sulfide) groups is 1. The molecule has 0 bridgehead atoms. The van der Waals surface area contributed by atoms with Gasteiger partial charge >= 0.3 is 21.0 Å². The summed E-state index contributed by atoms with van der Waals surface area (Å²) in [5, 5.41) is 4.86. The molecule has 0 N–H and O–H groups in total. The normalized spacial score (nSPS) is 12.9. The summed E-state index contributed by atoms with van der Waals surface area (Å²) < 4.78 is 54.1. The maximum absolute atomic E-state index is 14.3. The summed E-state index contributed by atoms with van der Waals surface area (Å²) in [6.07, 6.45) is 1.90. The molecule has 1 aliphatic heterocycles. The molecule has 1 aliphatic rings. The molecule has 2 aromatic heterocycles. The molecule has 5 aromatic rings. The van der Waals surface area contributed by atoms with Crippen LogP contribution in [0, 0.1) is 19.7 Å². The Bertz CT molecular complexity index is 2440. The minimum Gasteiger partial charge on any atom is -0.468 e. The van der Waals surface area contributed by atoms with Crippen molar-refractivity contribution in [1.82, 2.24) is 19.1 Å². The maximum Gasteiger partial charge on any atom is 0.340 e.